The van der Waals surface area contributed by atoms with Gasteiger partial charge in [-0.25, -0.2) is 0 Å². The summed E-state index contributed by atoms with van der Waals surface area (Å²) in [7, 11) is 0. The van der Waals surface area contributed by atoms with Crippen molar-refractivity contribution in [3.8, 4) is 0 Å². The van der Waals surface area contributed by atoms with Gasteiger partial charge in [0.2, 0.25) is 5.91 Å². The first-order valence-electron chi connectivity index (χ1n) is 5.66. The van der Waals surface area contributed by atoms with Crippen LogP contribution in [-0.4, -0.2) is 29.6 Å². The van der Waals surface area contributed by atoms with Crippen LogP contribution in [0, 0.1) is 11.8 Å². The molecule has 0 radical (unpaired) electrons. The molecule has 1 N–H and O–H groups in total. The fraction of sp³-hybridized carbons (Fsp3) is 0.909. The molecule has 3 nitrogen and oxygen atoms in total. The number of rotatable bonds is 2. The molecular formula is C11H20N2O. The molecular weight excluding hydrogens is 176 g/mol. The number of carbonyl (C=O) groups is 1. The highest BCUT2D eigenvalue weighted by atomic mass is 16.2. The van der Waals surface area contributed by atoms with E-state index in [1.807, 2.05) is 0 Å². The van der Waals surface area contributed by atoms with Gasteiger partial charge in [-0.3, -0.25) is 10.1 Å². The van der Waals surface area contributed by atoms with E-state index in [4.69, 9.17) is 0 Å². The average molecular weight is 196 g/mol. The minimum Gasteiger partial charge on any atom is -0.323 e. The lowest BCUT2D eigenvalue weighted by atomic mass is 9.79. The number of carbonyl (C=O) groups excluding carboxylic acids is 1. The van der Waals surface area contributed by atoms with E-state index in [2.05, 4.69) is 31.0 Å². The van der Waals surface area contributed by atoms with Crippen molar-refractivity contribution in [2.45, 2.75) is 45.8 Å². The van der Waals surface area contributed by atoms with Crippen LogP contribution in [-0.2, 0) is 4.79 Å². The van der Waals surface area contributed by atoms with Crippen molar-refractivity contribution >= 4 is 5.91 Å². The van der Waals surface area contributed by atoms with Crippen LogP contribution < -0.4 is 5.32 Å². The highest BCUT2D eigenvalue weighted by molar-refractivity contribution is 5.81. The largest absolute Gasteiger partial charge is 0.323 e. The third kappa shape index (κ3) is 1.44. The SMILES string of the molecule is CC(C)C1NCC(=O)N1C1CCC1C. The molecule has 14 heavy (non-hydrogen) atoms. The lowest BCUT2D eigenvalue weighted by Crippen LogP contribution is -2.53. The number of hydrogen-bond acceptors (Lipinski definition) is 2. The smallest absolute Gasteiger partial charge is 0.238 e. The molecule has 1 saturated carbocycles. The summed E-state index contributed by atoms with van der Waals surface area (Å²) in [5.74, 6) is 1.49. The molecule has 0 aromatic rings. The van der Waals surface area contributed by atoms with Crippen LogP contribution in [0.2, 0.25) is 0 Å². The van der Waals surface area contributed by atoms with Crippen LogP contribution in [0.5, 0.6) is 0 Å². The highest BCUT2D eigenvalue weighted by Gasteiger charge is 2.42. The van der Waals surface area contributed by atoms with Gasteiger partial charge in [0.05, 0.1) is 12.7 Å². The first kappa shape index (κ1) is 9.97. The van der Waals surface area contributed by atoms with E-state index in [1.54, 1.807) is 0 Å². The molecule has 3 atom stereocenters. The van der Waals surface area contributed by atoms with Crippen molar-refractivity contribution in [3.63, 3.8) is 0 Å². The van der Waals surface area contributed by atoms with Gasteiger partial charge in [-0.1, -0.05) is 20.8 Å². The van der Waals surface area contributed by atoms with Gasteiger partial charge >= 0.3 is 0 Å². The number of nitrogens with one attached hydrogen (secondary N) is 1. The Morgan fingerprint density at radius 3 is 2.57 bits per heavy atom. The molecule has 1 aliphatic heterocycles. The molecule has 80 valence electrons. The van der Waals surface area contributed by atoms with Gasteiger partial charge in [-0.05, 0) is 24.7 Å². The summed E-state index contributed by atoms with van der Waals surface area (Å²) < 4.78 is 0. The second-order valence-electron chi connectivity index (χ2n) is 4.99. The van der Waals surface area contributed by atoms with Crippen LogP contribution in [0.4, 0.5) is 0 Å². The summed E-state index contributed by atoms with van der Waals surface area (Å²) >= 11 is 0. The summed E-state index contributed by atoms with van der Waals surface area (Å²) in [5.41, 5.74) is 0. The number of nitrogens with zero attached hydrogens (tertiary/aromatic N) is 1. The summed E-state index contributed by atoms with van der Waals surface area (Å²) in [5, 5.41) is 3.30. The Morgan fingerprint density at radius 2 is 2.14 bits per heavy atom. The van der Waals surface area contributed by atoms with E-state index >= 15 is 0 Å². The van der Waals surface area contributed by atoms with E-state index < -0.39 is 0 Å². The maximum absolute atomic E-state index is 11.7. The monoisotopic (exact) mass is 196 g/mol. The van der Waals surface area contributed by atoms with E-state index in [0.29, 0.717) is 30.3 Å². The van der Waals surface area contributed by atoms with Crippen molar-refractivity contribution in [2.75, 3.05) is 6.54 Å². The second kappa shape index (κ2) is 3.54. The summed E-state index contributed by atoms with van der Waals surface area (Å²) in [4.78, 5) is 13.8. The Kier molecular flexibility index (Phi) is 2.52. The lowest BCUT2D eigenvalue weighted by molar-refractivity contribution is -0.134. The molecule has 2 fully saturated rings. The van der Waals surface area contributed by atoms with Crippen LogP contribution in [0.25, 0.3) is 0 Å². The standard InChI is InChI=1S/C11H20N2O/c1-7(2)11-12-6-10(14)13(11)9-5-4-8(9)3/h7-9,11-12H,4-6H2,1-3H3. The van der Waals surface area contributed by atoms with E-state index in [0.717, 1.165) is 0 Å². The molecule has 0 spiro atoms. The predicted octanol–water partition coefficient (Wildman–Crippen LogP) is 1.20. The van der Waals surface area contributed by atoms with Gasteiger partial charge in [-0.2, -0.15) is 0 Å². The van der Waals surface area contributed by atoms with Crippen LogP contribution in [0.3, 0.4) is 0 Å². The minimum atomic E-state index is 0.273. The van der Waals surface area contributed by atoms with Crippen LogP contribution >= 0.6 is 0 Å². The highest BCUT2D eigenvalue weighted by Crippen LogP contribution is 2.34. The first-order valence-corrected chi connectivity index (χ1v) is 5.66. The maximum Gasteiger partial charge on any atom is 0.238 e. The average Bonchev–Trinajstić information content (AvgIpc) is 2.46. The number of hydrogen-bond donors (Lipinski definition) is 1. The van der Waals surface area contributed by atoms with Gasteiger partial charge in [-0.15, -0.1) is 0 Å². The topological polar surface area (TPSA) is 32.3 Å². The molecule has 2 rings (SSSR count). The van der Waals surface area contributed by atoms with Crippen LogP contribution in [0.1, 0.15) is 33.6 Å². The molecule has 3 unspecified atom stereocenters. The molecule has 0 bridgehead atoms. The van der Waals surface area contributed by atoms with Crippen molar-refractivity contribution in [1.29, 1.82) is 0 Å². The van der Waals surface area contributed by atoms with E-state index in [9.17, 15) is 4.79 Å². The van der Waals surface area contributed by atoms with Crippen molar-refractivity contribution in [2.24, 2.45) is 11.8 Å². The van der Waals surface area contributed by atoms with Crippen molar-refractivity contribution < 1.29 is 4.79 Å². The minimum absolute atomic E-state index is 0.273. The van der Waals surface area contributed by atoms with Crippen molar-refractivity contribution in [1.82, 2.24) is 10.2 Å². The molecule has 2 aliphatic rings. The zero-order valence-corrected chi connectivity index (χ0v) is 9.29. The summed E-state index contributed by atoms with van der Waals surface area (Å²) in [6, 6.07) is 0.505. The Balaban J connectivity index is 2.09. The third-order valence-corrected chi connectivity index (χ3v) is 3.61. The molecule has 1 amide bonds. The number of amides is 1. The zero-order chi connectivity index (χ0) is 10.3. The molecule has 0 aromatic carbocycles. The van der Waals surface area contributed by atoms with Gasteiger partial charge in [0.1, 0.15) is 0 Å². The predicted molar refractivity (Wildman–Crippen MR) is 55.7 cm³/mol. The Morgan fingerprint density at radius 1 is 1.43 bits per heavy atom. The maximum atomic E-state index is 11.7. The third-order valence-electron chi connectivity index (χ3n) is 3.61. The van der Waals surface area contributed by atoms with Crippen molar-refractivity contribution in [3.05, 3.63) is 0 Å². The zero-order valence-electron chi connectivity index (χ0n) is 9.29. The van der Waals surface area contributed by atoms with Crippen LogP contribution in [0.15, 0.2) is 0 Å². The second-order valence-corrected chi connectivity index (χ2v) is 4.99. The molecule has 1 saturated heterocycles. The van der Waals surface area contributed by atoms with E-state index in [1.165, 1.54) is 12.8 Å². The molecule has 1 aliphatic carbocycles. The van der Waals surface area contributed by atoms with Gasteiger partial charge in [0.25, 0.3) is 0 Å². The Hall–Kier alpha value is -0.570. The Bertz CT molecular complexity index is 239. The Labute approximate surface area is 85.8 Å². The molecule has 1 heterocycles. The molecule has 3 heteroatoms. The summed E-state index contributed by atoms with van der Waals surface area (Å²) in [6.45, 7) is 7.13. The normalized spacial score (nSPS) is 37.9. The quantitative estimate of drug-likeness (QED) is 0.719. The molecule has 0 aromatic heterocycles. The first-order chi connectivity index (χ1) is 6.61. The van der Waals surface area contributed by atoms with Gasteiger partial charge < -0.3 is 4.90 Å². The van der Waals surface area contributed by atoms with Gasteiger partial charge in [0, 0.05) is 6.04 Å². The fourth-order valence-electron chi connectivity index (χ4n) is 2.55. The summed E-state index contributed by atoms with van der Waals surface area (Å²) in [6.07, 6.45) is 2.74. The fourth-order valence-corrected chi connectivity index (χ4v) is 2.55. The lowest BCUT2D eigenvalue weighted by Gasteiger charge is -2.44. The van der Waals surface area contributed by atoms with E-state index in [-0.39, 0.29) is 6.17 Å². The van der Waals surface area contributed by atoms with Gasteiger partial charge in [0.15, 0.2) is 0 Å².